The van der Waals surface area contributed by atoms with Gasteiger partial charge < -0.3 is 16.0 Å². The fourth-order valence-electron chi connectivity index (χ4n) is 4.72. The van der Waals surface area contributed by atoms with E-state index in [0.717, 1.165) is 28.7 Å². The molecule has 4 aromatic rings. The van der Waals surface area contributed by atoms with Gasteiger partial charge in [-0.15, -0.1) is 0 Å². The van der Waals surface area contributed by atoms with Crippen molar-refractivity contribution < 1.29 is 4.79 Å². The molecule has 8 heteroatoms. The molecule has 0 saturated carbocycles. The van der Waals surface area contributed by atoms with Crippen LogP contribution in [0, 0.1) is 17.2 Å². The number of nitrogen functional groups attached to an aromatic ring is 1. The third-order valence-electron chi connectivity index (χ3n) is 6.66. The molecule has 2 aromatic heterocycles. The predicted octanol–water partition coefficient (Wildman–Crippen LogP) is 4.78. The lowest BCUT2D eigenvalue weighted by Crippen LogP contribution is -2.38. The molecule has 5 rings (SSSR count). The number of amides is 1. The molecule has 1 amide bonds. The summed E-state index contributed by atoms with van der Waals surface area (Å²) in [5, 5.41) is 12.7. The molecule has 180 valence electrons. The van der Waals surface area contributed by atoms with Gasteiger partial charge in [0.05, 0.1) is 17.7 Å². The number of pyridine rings is 1. The van der Waals surface area contributed by atoms with E-state index in [9.17, 15) is 4.79 Å². The highest BCUT2D eigenvalue weighted by Crippen LogP contribution is 2.31. The Bertz CT molecular complexity index is 1420. The van der Waals surface area contributed by atoms with Crippen LogP contribution in [-0.4, -0.2) is 20.9 Å². The summed E-state index contributed by atoms with van der Waals surface area (Å²) >= 11 is 6.54. The molecule has 0 saturated heterocycles. The van der Waals surface area contributed by atoms with Gasteiger partial charge in [-0.3, -0.25) is 4.79 Å². The SMILES string of the molecule is N#Cc1ccc(-c2nc([C@H](Cc3ccccc3)NC(=O)[C@@H]3CCc4c(ccnc4N)C3)[nH]c2Cl)cc1. The third kappa shape index (κ3) is 4.95. The second-order valence-corrected chi connectivity index (χ2v) is 9.38. The Morgan fingerprint density at radius 3 is 2.72 bits per heavy atom. The van der Waals surface area contributed by atoms with Crippen molar-refractivity contribution in [1.29, 1.82) is 5.26 Å². The molecule has 0 unspecified atom stereocenters. The number of nitrogens with zero attached hydrogens (tertiary/aromatic N) is 3. The Hall–Kier alpha value is -4.15. The second-order valence-electron chi connectivity index (χ2n) is 9.00. The van der Waals surface area contributed by atoms with E-state index >= 15 is 0 Å². The summed E-state index contributed by atoms with van der Waals surface area (Å²) < 4.78 is 0. The highest BCUT2D eigenvalue weighted by molar-refractivity contribution is 6.31. The first-order chi connectivity index (χ1) is 17.5. The van der Waals surface area contributed by atoms with E-state index in [1.54, 1.807) is 18.3 Å². The summed E-state index contributed by atoms with van der Waals surface area (Å²) in [6.07, 6.45) is 4.32. The summed E-state index contributed by atoms with van der Waals surface area (Å²) in [6.45, 7) is 0. The lowest BCUT2D eigenvalue weighted by Gasteiger charge is -2.26. The van der Waals surface area contributed by atoms with E-state index in [2.05, 4.69) is 21.4 Å². The topological polar surface area (TPSA) is 120 Å². The second kappa shape index (κ2) is 10.2. The highest BCUT2D eigenvalue weighted by Gasteiger charge is 2.29. The lowest BCUT2D eigenvalue weighted by atomic mass is 9.83. The lowest BCUT2D eigenvalue weighted by molar-refractivity contribution is -0.126. The van der Waals surface area contributed by atoms with Crippen LogP contribution in [-0.2, 0) is 24.1 Å². The predicted molar refractivity (Wildman–Crippen MR) is 139 cm³/mol. The van der Waals surface area contributed by atoms with Gasteiger partial charge in [-0.05, 0) is 60.6 Å². The van der Waals surface area contributed by atoms with E-state index in [1.165, 1.54) is 0 Å². The summed E-state index contributed by atoms with van der Waals surface area (Å²) in [6, 6.07) is 20.7. The number of hydrogen-bond donors (Lipinski definition) is 3. The van der Waals surface area contributed by atoms with Gasteiger partial charge in [-0.25, -0.2) is 9.97 Å². The molecule has 2 aromatic carbocycles. The molecular weight excluding hydrogens is 472 g/mol. The van der Waals surface area contributed by atoms with Gasteiger partial charge in [0.1, 0.15) is 22.5 Å². The van der Waals surface area contributed by atoms with Crippen LogP contribution >= 0.6 is 11.6 Å². The van der Waals surface area contributed by atoms with E-state index < -0.39 is 6.04 Å². The molecule has 7 nitrogen and oxygen atoms in total. The first-order valence-corrected chi connectivity index (χ1v) is 12.2. The Labute approximate surface area is 214 Å². The van der Waals surface area contributed by atoms with Crippen molar-refractivity contribution in [2.45, 2.75) is 31.7 Å². The number of benzene rings is 2. The van der Waals surface area contributed by atoms with E-state index in [-0.39, 0.29) is 11.8 Å². The number of H-pyrrole nitrogens is 1. The first kappa shape index (κ1) is 23.6. The summed E-state index contributed by atoms with van der Waals surface area (Å²) in [5.74, 6) is 0.945. The van der Waals surface area contributed by atoms with E-state index in [0.29, 0.717) is 47.3 Å². The van der Waals surface area contributed by atoms with Crippen LogP contribution in [0.25, 0.3) is 11.3 Å². The van der Waals surface area contributed by atoms with Crippen LogP contribution in [0.4, 0.5) is 5.82 Å². The largest absolute Gasteiger partial charge is 0.383 e. The maximum atomic E-state index is 13.4. The maximum absolute atomic E-state index is 13.4. The number of aromatic amines is 1. The number of anilines is 1. The molecule has 1 aliphatic rings. The minimum Gasteiger partial charge on any atom is -0.383 e. The molecule has 2 atom stereocenters. The minimum absolute atomic E-state index is 0.0237. The number of aromatic nitrogens is 3. The standard InChI is InChI=1S/C28H25ClN6O/c29-25-24(19-8-6-18(16-30)7-9-19)34-27(35-25)23(14-17-4-2-1-3-5-17)33-28(36)21-10-11-22-20(15-21)12-13-32-26(22)31/h1-9,12-13,21,23H,10-11,14-15H2,(H2,31,32)(H,33,36)(H,34,35)/t21-,23+/m1/s1. The highest BCUT2D eigenvalue weighted by atomic mass is 35.5. The Balaban J connectivity index is 1.41. The van der Waals surface area contributed by atoms with Crippen LogP contribution in [0.1, 0.15) is 40.5 Å². The maximum Gasteiger partial charge on any atom is 0.224 e. The number of nitrogens with one attached hydrogen (secondary N) is 2. The summed E-state index contributed by atoms with van der Waals surface area (Å²) in [5.41, 5.74) is 11.2. The summed E-state index contributed by atoms with van der Waals surface area (Å²) in [7, 11) is 0. The number of rotatable bonds is 6. The Kier molecular flexibility index (Phi) is 6.70. The smallest absolute Gasteiger partial charge is 0.224 e. The molecule has 0 aliphatic heterocycles. The average Bonchev–Trinajstić information content (AvgIpc) is 3.30. The molecule has 0 bridgehead atoms. The fraction of sp³-hybridized carbons (Fsp3) is 0.214. The van der Waals surface area contributed by atoms with E-state index in [4.69, 9.17) is 27.6 Å². The number of nitriles is 1. The van der Waals surface area contributed by atoms with Gasteiger partial charge in [0.25, 0.3) is 0 Å². The Morgan fingerprint density at radius 1 is 1.19 bits per heavy atom. The van der Waals surface area contributed by atoms with Crippen LogP contribution in [0.2, 0.25) is 5.15 Å². The number of imidazole rings is 1. The monoisotopic (exact) mass is 496 g/mol. The quantitative estimate of drug-likeness (QED) is 0.354. The van der Waals surface area contributed by atoms with Gasteiger partial charge in [0.15, 0.2) is 0 Å². The molecule has 1 aliphatic carbocycles. The molecule has 0 fully saturated rings. The van der Waals surface area contributed by atoms with Crippen LogP contribution < -0.4 is 11.1 Å². The van der Waals surface area contributed by atoms with Gasteiger partial charge in [-0.2, -0.15) is 5.26 Å². The van der Waals surface area contributed by atoms with Crippen molar-refractivity contribution in [3.63, 3.8) is 0 Å². The minimum atomic E-state index is -0.395. The summed E-state index contributed by atoms with van der Waals surface area (Å²) in [4.78, 5) is 25.6. The molecule has 36 heavy (non-hydrogen) atoms. The number of fused-ring (bicyclic) bond motifs is 1. The van der Waals surface area contributed by atoms with Crippen LogP contribution in [0.3, 0.4) is 0 Å². The number of carbonyl (C=O) groups is 1. The zero-order valence-electron chi connectivity index (χ0n) is 19.5. The van der Waals surface area contributed by atoms with Gasteiger partial charge in [0.2, 0.25) is 5.91 Å². The normalized spacial score (nSPS) is 15.5. The van der Waals surface area contributed by atoms with Crippen molar-refractivity contribution in [2.75, 3.05) is 5.73 Å². The molecule has 2 heterocycles. The fourth-order valence-corrected chi connectivity index (χ4v) is 4.97. The Morgan fingerprint density at radius 2 is 1.97 bits per heavy atom. The van der Waals surface area contributed by atoms with Gasteiger partial charge in [0, 0.05) is 17.7 Å². The van der Waals surface area contributed by atoms with Crippen LogP contribution in [0.15, 0.2) is 66.9 Å². The average molecular weight is 497 g/mol. The molecular formula is C28H25ClN6O. The van der Waals surface area contributed by atoms with Crippen molar-refractivity contribution in [3.05, 3.63) is 100 Å². The number of carbonyl (C=O) groups excluding carboxylic acids is 1. The first-order valence-electron chi connectivity index (χ1n) is 11.8. The van der Waals surface area contributed by atoms with Crippen molar-refractivity contribution in [3.8, 4) is 17.3 Å². The van der Waals surface area contributed by atoms with Crippen molar-refractivity contribution in [1.82, 2.24) is 20.3 Å². The number of hydrogen-bond acceptors (Lipinski definition) is 5. The van der Waals surface area contributed by atoms with Crippen molar-refractivity contribution >= 4 is 23.3 Å². The zero-order valence-corrected chi connectivity index (χ0v) is 20.3. The van der Waals surface area contributed by atoms with Gasteiger partial charge >= 0.3 is 0 Å². The van der Waals surface area contributed by atoms with Crippen molar-refractivity contribution in [2.24, 2.45) is 5.92 Å². The zero-order chi connectivity index (χ0) is 25.1. The third-order valence-corrected chi connectivity index (χ3v) is 6.93. The molecule has 4 N–H and O–H groups in total. The number of halogens is 1. The van der Waals surface area contributed by atoms with Crippen LogP contribution in [0.5, 0.6) is 0 Å². The van der Waals surface area contributed by atoms with E-state index in [1.807, 2.05) is 48.5 Å². The van der Waals surface area contributed by atoms with Gasteiger partial charge in [-0.1, -0.05) is 54.1 Å². The molecule has 0 radical (unpaired) electrons. The molecule has 0 spiro atoms. The number of nitrogens with two attached hydrogens (primary N) is 1.